The van der Waals surface area contributed by atoms with Crippen molar-refractivity contribution in [2.45, 2.75) is 65.2 Å². The summed E-state index contributed by atoms with van der Waals surface area (Å²) in [6.07, 6.45) is 15.0. The molecule has 0 atom stereocenters. The third-order valence-corrected chi connectivity index (χ3v) is 6.85. The lowest BCUT2D eigenvalue weighted by Crippen LogP contribution is -2.03. The average molecular weight is 503 g/mol. The van der Waals surface area contributed by atoms with Crippen molar-refractivity contribution >= 4 is 21.5 Å². The summed E-state index contributed by atoms with van der Waals surface area (Å²) in [5.41, 5.74) is 2.52. The Morgan fingerprint density at radius 3 is 1.79 bits per heavy atom. The van der Waals surface area contributed by atoms with Gasteiger partial charge in [-0.1, -0.05) is 119 Å². The predicted molar refractivity (Wildman–Crippen MR) is 161 cm³/mol. The smallest absolute Gasteiger partial charge is 0.136 e. The quantitative estimate of drug-likeness (QED) is 0.109. The largest absolute Gasteiger partial charge is 0.492 e. The van der Waals surface area contributed by atoms with Gasteiger partial charge in [0, 0.05) is 17.7 Å². The van der Waals surface area contributed by atoms with Crippen LogP contribution in [0.15, 0.2) is 66.7 Å². The van der Waals surface area contributed by atoms with Gasteiger partial charge in [0.05, 0.1) is 24.3 Å². The van der Waals surface area contributed by atoms with Gasteiger partial charge >= 0.3 is 0 Å². The Bertz CT molecular complexity index is 1460. The molecule has 4 aromatic rings. The molecule has 0 unspecified atom stereocenters. The number of unbranched alkanes of at least 4 members (excludes halogenated alkanes) is 6. The number of benzene rings is 4. The van der Waals surface area contributed by atoms with Crippen LogP contribution in [0, 0.1) is 24.2 Å². The first-order valence-corrected chi connectivity index (χ1v) is 14.1. The molecule has 0 heterocycles. The van der Waals surface area contributed by atoms with Crippen LogP contribution in [0.2, 0.25) is 0 Å². The molecule has 0 N–H and O–H groups in total. The molecule has 0 amide bonds. The molecule has 194 valence electrons. The van der Waals surface area contributed by atoms with Crippen molar-refractivity contribution in [2.24, 2.45) is 0 Å². The van der Waals surface area contributed by atoms with E-state index in [0.717, 1.165) is 47.9 Å². The molecule has 2 heteroatoms. The second-order valence-corrected chi connectivity index (χ2v) is 9.75. The van der Waals surface area contributed by atoms with Gasteiger partial charge in [0.25, 0.3) is 0 Å². The highest BCUT2D eigenvalue weighted by molar-refractivity contribution is 6.09. The lowest BCUT2D eigenvalue weighted by atomic mass is 9.97. The van der Waals surface area contributed by atoms with E-state index in [9.17, 15) is 0 Å². The number of hydrogen-bond acceptors (Lipinski definition) is 2. The molecule has 0 saturated heterocycles. The summed E-state index contributed by atoms with van der Waals surface area (Å²) in [5, 5.41) is 4.78. The van der Waals surface area contributed by atoms with Crippen molar-refractivity contribution in [2.75, 3.05) is 13.2 Å². The molecule has 0 fully saturated rings. The van der Waals surface area contributed by atoms with Crippen molar-refractivity contribution in [1.82, 2.24) is 0 Å². The van der Waals surface area contributed by atoms with Gasteiger partial charge in [0.1, 0.15) is 11.5 Å². The first-order chi connectivity index (χ1) is 18.7. The van der Waals surface area contributed by atoms with Gasteiger partial charge < -0.3 is 9.47 Å². The number of terminal acetylenes is 1. The Morgan fingerprint density at radius 2 is 1.13 bits per heavy atom. The Hall–Kier alpha value is -3.88. The van der Waals surface area contributed by atoms with Crippen molar-refractivity contribution in [3.05, 3.63) is 83.4 Å². The average Bonchev–Trinajstić information content (AvgIpc) is 2.96. The number of rotatable bonds is 12. The maximum absolute atomic E-state index is 6.23. The SMILES string of the molecule is C#Cc1cc(OCCCCCC)c(C#Cc2cc3ccccc3c3ccccc23)cc1OCCCCCC. The molecule has 0 aliphatic carbocycles. The van der Waals surface area contributed by atoms with E-state index in [1.54, 1.807) is 0 Å². The van der Waals surface area contributed by atoms with E-state index in [2.05, 4.69) is 86.2 Å². The first kappa shape index (κ1) is 27.2. The summed E-state index contributed by atoms with van der Waals surface area (Å²) >= 11 is 0. The summed E-state index contributed by atoms with van der Waals surface area (Å²) in [7, 11) is 0. The van der Waals surface area contributed by atoms with Gasteiger partial charge in [-0.15, -0.1) is 6.42 Å². The third kappa shape index (κ3) is 6.90. The molecule has 2 nitrogen and oxygen atoms in total. The van der Waals surface area contributed by atoms with Crippen LogP contribution in [0.5, 0.6) is 11.5 Å². The lowest BCUT2D eigenvalue weighted by Gasteiger charge is -2.14. The second kappa shape index (κ2) is 14.2. The summed E-state index contributed by atoms with van der Waals surface area (Å²) in [4.78, 5) is 0. The Kier molecular flexibility index (Phi) is 10.1. The van der Waals surface area contributed by atoms with Crippen molar-refractivity contribution in [3.8, 4) is 35.7 Å². The summed E-state index contributed by atoms with van der Waals surface area (Å²) < 4.78 is 12.4. The van der Waals surface area contributed by atoms with E-state index in [-0.39, 0.29) is 0 Å². The van der Waals surface area contributed by atoms with Crippen LogP contribution < -0.4 is 9.47 Å². The zero-order valence-electron chi connectivity index (χ0n) is 22.8. The summed E-state index contributed by atoms with van der Waals surface area (Å²) in [5.74, 6) is 11.1. The fourth-order valence-electron chi connectivity index (χ4n) is 4.72. The van der Waals surface area contributed by atoms with Crippen LogP contribution in [0.4, 0.5) is 0 Å². The monoisotopic (exact) mass is 502 g/mol. The van der Waals surface area contributed by atoms with Gasteiger partial charge in [-0.3, -0.25) is 0 Å². The van der Waals surface area contributed by atoms with Gasteiger partial charge in [-0.25, -0.2) is 0 Å². The maximum Gasteiger partial charge on any atom is 0.136 e. The van der Waals surface area contributed by atoms with Crippen LogP contribution in [0.1, 0.15) is 81.9 Å². The van der Waals surface area contributed by atoms with Crippen LogP contribution >= 0.6 is 0 Å². The van der Waals surface area contributed by atoms with E-state index in [4.69, 9.17) is 15.9 Å². The minimum Gasteiger partial charge on any atom is -0.492 e. The number of hydrogen-bond donors (Lipinski definition) is 0. The van der Waals surface area contributed by atoms with E-state index in [1.807, 2.05) is 12.1 Å². The maximum atomic E-state index is 6.23. The molecular formula is C36H38O2. The Morgan fingerprint density at radius 1 is 0.579 bits per heavy atom. The van der Waals surface area contributed by atoms with Gasteiger partial charge in [-0.2, -0.15) is 0 Å². The number of fused-ring (bicyclic) bond motifs is 3. The molecule has 0 bridgehead atoms. The topological polar surface area (TPSA) is 18.5 Å². The molecule has 4 aromatic carbocycles. The molecule has 4 rings (SSSR count). The normalized spacial score (nSPS) is 10.7. The van der Waals surface area contributed by atoms with Gasteiger partial charge in [0.15, 0.2) is 0 Å². The van der Waals surface area contributed by atoms with Gasteiger partial charge in [-0.05, 0) is 40.5 Å². The molecular weight excluding hydrogens is 464 g/mol. The first-order valence-electron chi connectivity index (χ1n) is 14.1. The Balaban J connectivity index is 1.70. The highest BCUT2D eigenvalue weighted by atomic mass is 16.5. The molecule has 0 saturated carbocycles. The zero-order chi connectivity index (χ0) is 26.6. The Labute approximate surface area is 228 Å². The molecule has 0 spiro atoms. The highest BCUT2D eigenvalue weighted by Gasteiger charge is 2.11. The predicted octanol–water partition coefficient (Wildman–Crippen LogP) is 9.29. The minimum absolute atomic E-state index is 0.647. The third-order valence-electron chi connectivity index (χ3n) is 6.85. The second-order valence-electron chi connectivity index (χ2n) is 9.75. The molecule has 0 aromatic heterocycles. The van der Waals surface area contributed by atoms with Crippen molar-refractivity contribution in [3.63, 3.8) is 0 Å². The fraction of sp³-hybridized carbons (Fsp3) is 0.333. The highest BCUT2D eigenvalue weighted by Crippen LogP contribution is 2.31. The molecule has 0 radical (unpaired) electrons. The molecule has 38 heavy (non-hydrogen) atoms. The lowest BCUT2D eigenvalue weighted by molar-refractivity contribution is 0.295. The van der Waals surface area contributed by atoms with E-state index < -0.39 is 0 Å². The van der Waals surface area contributed by atoms with E-state index in [0.29, 0.717) is 24.5 Å². The number of ether oxygens (including phenoxy) is 2. The van der Waals surface area contributed by atoms with Crippen LogP contribution in [0.25, 0.3) is 21.5 Å². The zero-order valence-corrected chi connectivity index (χ0v) is 22.8. The van der Waals surface area contributed by atoms with Crippen molar-refractivity contribution < 1.29 is 9.47 Å². The van der Waals surface area contributed by atoms with Gasteiger partial charge in [0.2, 0.25) is 0 Å². The van der Waals surface area contributed by atoms with E-state index in [1.165, 1.54) is 41.8 Å². The summed E-state index contributed by atoms with van der Waals surface area (Å²) in [6.45, 7) is 5.72. The molecule has 0 aliphatic heterocycles. The minimum atomic E-state index is 0.647. The fourth-order valence-corrected chi connectivity index (χ4v) is 4.72. The van der Waals surface area contributed by atoms with Crippen LogP contribution in [-0.4, -0.2) is 13.2 Å². The van der Waals surface area contributed by atoms with Crippen LogP contribution in [-0.2, 0) is 0 Å². The summed E-state index contributed by atoms with van der Waals surface area (Å²) in [6, 6.07) is 23.0. The standard InChI is InChI=1S/C36H38O2/c1-4-7-9-15-23-37-35-27-31(36(26-28(35)6-3)38-24-16-10-8-5-2)22-21-30-25-29-17-11-12-18-32(29)34-20-14-13-19-33(30)34/h3,11-14,17-20,25-27H,4-5,7-10,15-16,23-24H2,1-2H3. The molecule has 0 aliphatic rings. The van der Waals surface area contributed by atoms with E-state index >= 15 is 0 Å². The van der Waals surface area contributed by atoms with Crippen LogP contribution in [0.3, 0.4) is 0 Å². The van der Waals surface area contributed by atoms with Crippen molar-refractivity contribution in [1.29, 1.82) is 0 Å².